The molecule has 0 fully saturated rings. The Morgan fingerprint density at radius 3 is 3.00 bits per heavy atom. The van der Waals surface area contributed by atoms with Gasteiger partial charge < -0.3 is 14.8 Å². The number of ether oxygens (including phenoxy) is 2. The number of benzene rings is 1. The van der Waals surface area contributed by atoms with Crippen molar-refractivity contribution < 1.29 is 9.47 Å². The van der Waals surface area contributed by atoms with Gasteiger partial charge in [0.25, 0.3) is 0 Å². The number of rotatable bonds is 4. The van der Waals surface area contributed by atoms with Crippen LogP contribution in [0.3, 0.4) is 0 Å². The van der Waals surface area contributed by atoms with E-state index in [9.17, 15) is 0 Å². The van der Waals surface area contributed by atoms with Gasteiger partial charge in [-0.25, -0.2) is 9.97 Å². The summed E-state index contributed by atoms with van der Waals surface area (Å²) in [5, 5.41) is 3.27. The third-order valence-corrected chi connectivity index (χ3v) is 5.80. The van der Waals surface area contributed by atoms with E-state index in [-0.39, 0.29) is 6.79 Å². The van der Waals surface area contributed by atoms with Gasteiger partial charge in [0.2, 0.25) is 12.7 Å². The molecule has 0 radical (unpaired) electrons. The quantitative estimate of drug-likeness (QED) is 0.741. The highest BCUT2D eigenvalue weighted by Gasteiger charge is 2.19. The second-order valence-corrected chi connectivity index (χ2v) is 8.20. The number of nitrogens with one attached hydrogen (secondary N) is 1. The van der Waals surface area contributed by atoms with Crippen LogP contribution in [0.1, 0.15) is 21.0 Å². The van der Waals surface area contributed by atoms with E-state index in [1.807, 2.05) is 35.7 Å². The smallest absolute Gasteiger partial charge is 0.231 e. The maximum absolute atomic E-state index is 5.42. The third-order valence-electron chi connectivity index (χ3n) is 4.82. The summed E-state index contributed by atoms with van der Waals surface area (Å²) in [4.78, 5) is 14.5. The molecule has 7 heteroatoms. The predicted molar refractivity (Wildman–Crippen MR) is 105 cm³/mol. The van der Waals surface area contributed by atoms with Crippen LogP contribution in [0.2, 0.25) is 0 Å². The Bertz CT molecular complexity index is 988. The van der Waals surface area contributed by atoms with E-state index >= 15 is 0 Å². The molecule has 2 aliphatic rings. The second kappa shape index (κ2) is 6.83. The van der Waals surface area contributed by atoms with Crippen LogP contribution in [0.5, 0.6) is 11.5 Å². The molecule has 2 aliphatic heterocycles. The van der Waals surface area contributed by atoms with Crippen molar-refractivity contribution in [1.29, 1.82) is 0 Å². The molecule has 1 aromatic carbocycles. The van der Waals surface area contributed by atoms with Gasteiger partial charge in [-0.05, 0) is 31.2 Å². The van der Waals surface area contributed by atoms with Crippen molar-refractivity contribution in [3.8, 4) is 11.5 Å². The van der Waals surface area contributed by atoms with Crippen LogP contribution in [0.25, 0.3) is 0 Å². The normalized spacial score (nSPS) is 15.6. The Hall–Kier alpha value is -2.64. The number of aryl methyl sites for hydroxylation is 1. The Kier molecular flexibility index (Phi) is 4.18. The molecule has 0 saturated heterocycles. The molecule has 1 N–H and O–H groups in total. The maximum atomic E-state index is 5.42. The number of aromatic nitrogens is 2. The average Bonchev–Trinajstić information content (AvgIpc) is 3.30. The number of anilines is 2. The zero-order chi connectivity index (χ0) is 18.2. The molecule has 6 nitrogen and oxygen atoms in total. The Labute approximate surface area is 161 Å². The monoisotopic (exact) mass is 380 g/mol. The van der Waals surface area contributed by atoms with Crippen LogP contribution in [0.15, 0.2) is 36.5 Å². The second-order valence-electron chi connectivity index (χ2n) is 6.83. The lowest BCUT2D eigenvalue weighted by Gasteiger charge is -2.27. The largest absolute Gasteiger partial charge is 0.454 e. The first-order valence-electron chi connectivity index (χ1n) is 9.02. The molecule has 0 saturated carbocycles. The first-order valence-corrected chi connectivity index (χ1v) is 9.84. The van der Waals surface area contributed by atoms with Crippen molar-refractivity contribution >= 4 is 23.0 Å². The van der Waals surface area contributed by atoms with E-state index in [0.717, 1.165) is 48.9 Å². The highest BCUT2D eigenvalue weighted by molar-refractivity contribution is 7.11. The molecule has 0 bridgehead atoms. The lowest BCUT2D eigenvalue weighted by molar-refractivity contribution is 0.174. The summed E-state index contributed by atoms with van der Waals surface area (Å²) in [5.41, 5.74) is 3.24. The van der Waals surface area contributed by atoms with Crippen LogP contribution in [0.4, 0.5) is 11.6 Å². The minimum Gasteiger partial charge on any atom is -0.454 e. The molecule has 27 heavy (non-hydrogen) atoms. The Morgan fingerprint density at radius 1 is 1.19 bits per heavy atom. The van der Waals surface area contributed by atoms with E-state index in [4.69, 9.17) is 14.5 Å². The van der Waals surface area contributed by atoms with Gasteiger partial charge in [-0.3, -0.25) is 4.90 Å². The molecular weight excluding hydrogens is 360 g/mol. The average molecular weight is 380 g/mol. The molecule has 0 unspecified atom stereocenters. The predicted octanol–water partition coefficient (Wildman–Crippen LogP) is 3.88. The summed E-state index contributed by atoms with van der Waals surface area (Å²) < 4.78 is 10.8. The lowest BCUT2D eigenvalue weighted by Crippen LogP contribution is -2.30. The molecule has 0 spiro atoms. The van der Waals surface area contributed by atoms with E-state index in [1.54, 1.807) is 0 Å². The molecule has 138 valence electrons. The van der Waals surface area contributed by atoms with E-state index in [2.05, 4.69) is 34.3 Å². The van der Waals surface area contributed by atoms with E-state index in [1.165, 1.54) is 15.3 Å². The number of hydrogen-bond donors (Lipinski definition) is 1. The fourth-order valence-corrected chi connectivity index (χ4v) is 4.40. The molecule has 3 aromatic rings. The summed E-state index contributed by atoms with van der Waals surface area (Å²) in [5.74, 6) is 2.14. The van der Waals surface area contributed by atoms with Crippen molar-refractivity contribution in [3.05, 3.63) is 57.5 Å². The van der Waals surface area contributed by atoms with Gasteiger partial charge in [0.05, 0.1) is 5.69 Å². The van der Waals surface area contributed by atoms with E-state index < -0.39 is 0 Å². The van der Waals surface area contributed by atoms with Gasteiger partial charge in [0, 0.05) is 59.3 Å². The Balaban J connectivity index is 1.28. The maximum Gasteiger partial charge on any atom is 0.231 e. The zero-order valence-electron chi connectivity index (χ0n) is 15.1. The van der Waals surface area contributed by atoms with Crippen molar-refractivity contribution in [3.63, 3.8) is 0 Å². The molecule has 0 aliphatic carbocycles. The van der Waals surface area contributed by atoms with Crippen LogP contribution in [0, 0.1) is 6.92 Å². The number of hydrogen-bond acceptors (Lipinski definition) is 7. The highest BCUT2D eigenvalue weighted by Crippen LogP contribution is 2.35. The summed E-state index contributed by atoms with van der Waals surface area (Å²) in [6, 6.07) is 10.2. The molecule has 0 amide bonds. The molecule has 2 aromatic heterocycles. The third kappa shape index (κ3) is 3.48. The number of nitrogens with zero attached hydrogens (tertiary/aromatic N) is 3. The summed E-state index contributed by atoms with van der Waals surface area (Å²) >= 11 is 1.87. The summed E-state index contributed by atoms with van der Waals surface area (Å²) in [6.45, 7) is 5.34. The topological polar surface area (TPSA) is 59.5 Å². The van der Waals surface area contributed by atoms with Gasteiger partial charge in [0.15, 0.2) is 11.5 Å². The van der Waals surface area contributed by atoms with Gasteiger partial charge in [-0.1, -0.05) is 0 Å². The van der Waals surface area contributed by atoms with Gasteiger partial charge in [-0.15, -0.1) is 11.3 Å². The van der Waals surface area contributed by atoms with Crippen molar-refractivity contribution in [2.24, 2.45) is 0 Å². The van der Waals surface area contributed by atoms with Crippen LogP contribution in [-0.4, -0.2) is 28.2 Å². The van der Waals surface area contributed by atoms with Gasteiger partial charge in [0.1, 0.15) is 0 Å². The number of fused-ring (bicyclic) bond motifs is 2. The number of thiophene rings is 1. The van der Waals surface area contributed by atoms with Crippen LogP contribution >= 0.6 is 11.3 Å². The van der Waals surface area contributed by atoms with E-state index in [0.29, 0.717) is 5.95 Å². The summed E-state index contributed by atoms with van der Waals surface area (Å²) in [6.07, 6.45) is 2.89. The Morgan fingerprint density at radius 2 is 2.11 bits per heavy atom. The van der Waals surface area contributed by atoms with Crippen LogP contribution in [-0.2, 0) is 19.5 Å². The molecule has 5 rings (SSSR count). The minimum atomic E-state index is 0.273. The van der Waals surface area contributed by atoms with Crippen LogP contribution < -0.4 is 14.8 Å². The van der Waals surface area contributed by atoms with Gasteiger partial charge >= 0.3 is 0 Å². The fourth-order valence-electron chi connectivity index (χ4n) is 3.46. The first kappa shape index (κ1) is 16.5. The highest BCUT2D eigenvalue weighted by atomic mass is 32.1. The fraction of sp³-hybridized carbons (Fsp3) is 0.300. The zero-order valence-corrected chi connectivity index (χ0v) is 15.9. The molecule has 0 atom stereocenters. The lowest BCUT2D eigenvalue weighted by atomic mass is 10.1. The molecule has 4 heterocycles. The van der Waals surface area contributed by atoms with Gasteiger partial charge in [-0.2, -0.15) is 0 Å². The SMILES string of the molecule is Cc1ccc(CN2CCc3nc(Nc4ccc5c(c4)OCO5)ncc3C2)s1. The minimum absolute atomic E-state index is 0.273. The molecular formula is C20H20N4O2S. The van der Waals surface area contributed by atoms with Crippen molar-refractivity contribution in [1.82, 2.24) is 14.9 Å². The standard InChI is InChI=1S/C20H20N4O2S/c1-13-2-4-16(27-13)11-24-7-6-17-14(10-24)9-21-20(23-17)22-15-3-5-18-19(8-15)26-12-25-18/h2-5,8-9H,6-7,10-12H2,1H3,(H,21,22,23). The first-order chi connectivity index (χ1) is 13.2. The summed E-state index contributed by atoms with van der Waals surface area (Å²) in [7, 11) is 0. The van der Waals surface area contributed by atoms with Crippen molar-refractivity contribution in [2.45, 2.75) is 26.4 Å². The van der Waals surface area contributed by atoms with Crippen molar-refractivity contribution in [2.75, 3.05) is 18.7 Å².